The molecule has 32 heavy (non-hydrogen) atoms. The number of nitrogen functional groups attached to an aromatic ring is 1. The molecule has 3 aromatic rings. The van der Waals surface area contributed by atoms with Crippen molar-refractivity contribution in [3.05, 3.63) is 51.3 Å². The monoisotopic (exact) mass is 451 g/mol. The molecule has 5 rings (SSSR count). The first kappa shape index (κ1) is 20.6. The summed E-state index contributed by atoms with van der Waals surface area (Å²) in [4.78, 5) is 35.9. The number of aromatic nitrogens is 4. The smallest absolute Gasteiger partial charge is 0.263 e. The average molecular weight is 452 g/mol. The van der Waals surface area contributed by atoms with Crippen molar-refractivity contribution in [2.75, 3.05) is 12.3 Å². The fourth-order valence-electron chi connectivity index (χ4n) is 3.78. The molecule has 3 heterocycles. The molecule has 1 fully saturated rings. The molecular weight excluding hydrogens is 430 g/mol. The summed E-state index contributed by atoms with van der Waals surface area (Å²) in [7, 11) is 0. The molecule has 164 valence electrons. The van der Waals surface area contributed by atoms with Crippen molar-refractivity contribution in [2.24, 2.45) is 9.98 Å². The van der Waals surface area contributed by atoms with Crippen LogP contribution in [-0.2, 0) is 4.74 Å². The fourth-order valence-corrected chi connectivity index (χ4v) is 4.03. The van der Waals surface area contributed by atoms with Gasteiger partial charge in [-0.2, -0.15) is 0 Å². The van der Waals surface area contributed by atoms with Gasteiger partial charge in [-0.05, 0) is 38.3 Å². The first-order valence-electron chi connectivity index (χ1n) is 10.6. The summed E-state index contributed by atoms with van der Waals surface area (Å²) in [5.41, 5.74) is 7.59. The maximum atomic E-state index is 13.4. The van der Waals surface area contributed by atoms with Crippen LogP contribution in [0.25, 0.3) is 10.9 Å². The van der Waals surface area contributed by atoms with E-state index >= 15 is 0 Å². The number of anilines is 1. The van der Waals surface area contributed by atoms with E-state index < -0.39 is 0 Å². The van der Waals surface area contributed by atoms with Crippen LogP contribution in [-0.4, -0.2) is 43.8 Å². The molecule has 1 aliphatic heterocycles. The molecule has 0 bridgehead atoms. The zero-order chi connectivity index (χ0) is 22.4. The van der Waals surface area contributed by atoms with Crippen LogP contribution in [0.2, 0.25) is 5.02 Å². The number of benzene rings is 1. The molecule has 1 aliphatic carbocycles. The highest BCUT2D eigenvalue weighted by molar-refractivity contribution is 6.35. The lowest BCUT2D eigenvalue weighted by atomic mass is 10.2. The summed E-state index contributed by atoms with van der Waals surface area (Å²) in [6.45, 7) is 4.37. The topological polar surface area (TPSA) is 121 Å². The third-order valence-electron chi connectivity index (χ3n) is 5.49. The summed E-state index contributed by atoms with van der Waals surface area (Å²) in [6, 6.07) is 5.37. The average Bonchev–Trinajstić information content (AvgIpc) is 3.51. The van der Waals surface area contributed by atoms with E-state index in [9.17, 15) is 4.79 Å². The molecule has 1 atom stereocenters. The lowest BCUT2D eigenvalue weighted by molar-refractivity contribution is 0.324. The number of fused-ring (bicyclic) bond motifs is 1. The number of rotatable bonds is 5. The summed E-state index contributed by atoms with van der Waals surface area (Å²) in [6.07, 6.45) is 3.70. The van der Waals surface area contributed by atoms with Crippen molar-refractivity contribution in [3.8, 4) is 0 Å². The molecule has 0 saturated heterocycles. The van der Waals surface area contributed by atoms with Crippen molar-refractivity contribution in [2.45, 2.75) is 45.2 Å². The number of hydrogen-bond acceptors (Lipinski definition) is 8. The van der Waals surface area contributed by atoms with Crippen LogP contribution >= 0.6 is 11.6 Å². The summed E-state index contributed by atoms with van der Waals surface area (Å²) < 4.78 is 7.41. The zero-order valence-electron chi connectivity index (χ0n) is 17.7. The number of aliphatic imine (C=N–C) groups is 2. The van der Waals surface area contributed by atoms with Crippen molar-refractivity contribution in [1.29, 1.82) is 0 Å². The molecule has 2 aromatic heterocycles. The highest BCUT2D eigenvalue weighted by Crippen LogP contribution is 2.36. The van der Waals surface area contributed by atoms with E-state index in [1.807, 2.05) is 13.8 Å². The lowest BCUT2D eigenvalue weighted by Crippen LogP contribution is -2.27. The minimum absolute atomic E-state index is 0.0130. The van der Waals surface area contributed by atoms with Gasteiger partial charge in [0.1, 0.15) is 24.3 Å². The number of nitrogens with zero attached hydrogens (tertiary/aromatic N) is 6. The Labute approximate surface area is 189 Å². The SMILES string of the molecule is CCC(=Nc1ncnc(N)c1C1=NC(C)CO1)c1nc2cccc(Cl)c2c(=O)n1C1CC1. The standard InChI is InChI=1S/C22H22ClN7O2/c1-3-14(28-19-17(18(24)25-10-26-19)21-27-11(2)9-32-21)20-29-15-6-4-5-13(23)16(15)22(31)30(20)12-7-8-12/h4-6,10-12H,3,7-9H2,1-2H3,(H2,24,25,26). The van der Waals surface area contributed by atoms with E-state index in [1.54, 1.807) is 22.8 Å². The summed E-state index contributed by atoms with van der Waals surface area (Å²) in [5, 5.41) is 0.822. The number of hydrogen-bond donors (Lipinski definition) is 1. The highest BCUT2D eigenvalue weighted by atomic mass is 35.5. The van der Waals surface area contributed by atoms with E-state index in [0.717, 1.165) is 12.8 Å². The number of nitrogens with two attached hydrogens (primary N) is 1. The van der Waals surface area contributed by atoms with E-state index in [4.69, 9.17) is 32.0 Å². The minimum Gasteiger partial charge on any atom is -0.475 e. The Morgan fingerprint density at radius 2 is 2.16 bits per heavy atom. The highest BCUT2D eigenvalue weighted by Gasteiger charge is 2.31. The predicted octanol–water partition coefficient (Wildman–Crippen LogP) is 3.45. The van der Waals surface area contributed by atoms with Crippen LogP contribution < -0.4 is 11.3 Å². The maximum Gasteiger partial charge on any atom is 0.263 e. The van der Waals surface area contributed by atoms with Gasteiger partial charge in [-0.3, -0.25) is 9.36 Å². The normalized spacial score (nSPS) is 18.7. The van der Waals surface area contributed by atoms with Crippen molar-refractivity contribution >= 4 is 45.7 Å². The second-order valence-electron chi connectivity index (χ2n) is 7.94. The van der Waals surface area contributed by atoms with E-state index in [-0.39, 0.29) is 23.5 Å². The van der Waals surface area contributed by atoms with Crippen LogP contribution in [0.5, 0.6) is 0 Å². The Morgan fingerprint density at radius 1 is 1.34 bits per heavy atom. The molecule has 1 saturated carbocycles. The predicted molar refractivity (Wildman–Crippen MR) is 124 cm³/mol. The molecule has 0 radical (unpaired) electrons. The first-order valence-corrected chi connectivity index (χ1v) is 11.0. The molecule has 0 spiro atoms. The fraction of sp³-hybridized carbons (Fsp3) is 0.364. The van der Waals surface area contributed by atoms with Crippen LogP contribution in [0.15, 0.2) is 39.3 Å². The number of ether oxygens (including phenoxy) is 1. The first-order chi connectivity index (χ1) is 15.5. The zero-order valence-corrected chi connectivity index (χ0v) is 18.5. The van der Waals surface area contributed by atoms with Crippen molar-refractivity contribution < 1.29 is 4.74 Å². The van der Waals surface area contributed by atoms with Gasteiger partial charge in [0.15, 0.2) is 11.6 Å². The van der Waals surface area contributed by atoms with E-state index in [2.05, 4.69) is 15.0 Å². The molecule has 1 aromatic carbocycles. The largest absolute Gasteiger partial charge is 0.475 e. The Hall–Kier alpha value is -3.33. The Balaban J connectivity index is 1.73. The molecule has 9 nitrogen and oxygen atoms in total. The molecule has 10 heteroatoms. The molecular formula is C22H22ClN7O2. The van der Waals surface area contributed by atoms with Gasteiger partial charge >= 0.3 is 0 Å². The molecule has 2 N–H and O–H groups in total. The third kappa shape index (κ3) is 3.52. The third-order valence-corrected chi connectivity index (χ3v) is 5.81. The van der Waals surface area contributed by atoms with Gasteiger partial charge < -0.3 is 10.5 Å². The Kier molecular flexibility index (Phi) is 5.13. The van der Waals surface area contributed by atoms with Crippen LogP contribution in [0.4, 0.5) is 11.6 Å². The summed E-state index contributed by atoms with van der Waals surface area (Å²) in [5.74, 6) is 1.47. The lowest BCUT2D eigenvalue weighted by Gasteiger charge is -2.15. The van der Waals surface area contributed by atoms with Gasteiger partial charge in [0, 0.05) is 6.04 Å². The second-order valence-corrected chi connectivity index (χ2v) is 8.35. The maximum absolute atomic E-state index is 13.4. The van der Waals surface area contributed by atoms with Crippen LogP contribution in [0, 0.1) is 0 Å². The van der Waals surface area contributed by atoms with E-state index in [1.165, 1.54) is 6.33 Å². The Morgan fingerprint density at radius 3 is 2.84 bits per heavy atom. The van der Waals surface area contributed by atoms with E-state index in [0.29, 0.717) is 57.8 Å². The van der Waals surface area contributed by atoms with Crippen molar-refractivity contribution in [3.63, 3.8) is 0 Å². The molecule has 2 aliphatic rings. The van der Waals surface area contributed by atoms with Gasteiger partial charge in [-0.25, -0.2) is 24.9 Å². The minimum atomic E-state index is -0.154. The molecule has 1 unspecified atom stereocenters. The summed E-state index contributed by atoms with van der Waals surface area (Å²) >= 11 is 6.34. The van der Waals surface area contributed by atoms with Gasteiger partial charge in [0.25, 0.3) is 5.56 Å². The van der Waals surface area contributed by atoms with Crippen LogP contribution in [0.3, 0.4) is 0 Å². The Bertz CT molecular complexity index is 1340. The van der Waals surface area contributed by atoms with Gasteiger partial charge in [-0.15, -0.1) is 0 Å². The van der Waals surface area contributed by atoms with Crippen LogP contribution in [0.1, 0.15) is 50.5 Å². The van der Waals surface area contributed by atoms with Gasteiger partial charge in [-0.1, -0.05) is 24.6 Å². The van der Waals surface area contributed by atoms with Gasteiger partial charge in [0.2, 0.25) is 5.90 Å². The van der Waals surface area contributed by atoms with Crippen molar-refractivity contribution in [1.82, 2.24) is 19.5 Å². The van der Waals surface area contributed by atoms with Gasteiger partial charge in [0.05, 0.1) is 27.7 Å². The molecule has 0 amide bonds. The number of halogens is 1. The second kappa shape index (κ2) is 7.98. The quantitative estimate of drug-likeness (QED) is 0.593.